The molecule has 4 heteroatoms. The molecule has 17 heavy (non-hydrogen) atoms. The molecule has 0 radical (unpaired) electrons. The maximum atomic E-state index is 13.5. The van der Waals surface area contributed by atoms with Gasteiger partial charge in [0.05, 0.1) is 6.26 Å². The first kappa shape index (κ1) is 11.8. The van der Waals surface area contributed by atoms with Gasteiger partial charge in [-0.15, -0.1) is 0 Å². The molecule has 2 rings (SSSR count). The second-order valence-corrected chi connectivity index (χ2v) is 3.72. The molecule has 0 fully saturated rings. The lowest BCUT2D eigenvalue weighted by molar-refractivity contribution is 0.211. The van der Waals surface area contributed by atoms with Crippen LogP contribution in [0.1, 0.15) is 29.9 Å². The van der Waals surface area contributed by atoms with E-state index >= 15 is 0 Å². The third-order valence-corrected chi connectivity index (χ3v) is 2.65. The normalized spacial score (nSPS) is 12.7. The summed E-state index contributed by atoms with van der Waals surface area (Å²) in [5.41, 5.74) is 0.387. The number of hydrogen-bond acceptors (Lipinski definition) is 2. The zero-order valence-corrected chi connectivity index (χ0v) is 9.28. The van der Waals surface area contributed by atoms with E-state index in [0.29, 0.717) is 17.7 Å². The van der Waals surface area contributed by atoms with Crippen molar-refractivity contribution in [3.63, 3.8) is 0 Å². The fourth-order valence-corrected chi connectivity index (χ4v) is 1.77. The van der Waals surface area contributed by atoms with E-state index in [1.807, 2.05) is 6.92 Å². The number of aryl methyl sites for hydroxylation is 1. The van der Waals surface area contributed by atoms with Crippen molar-refractivity contribution in [2.24, 2.45) is 0 Å². The Morgan fingerprint density at radius 1 is 1.24 bits per heavy atom. The summed E-state index contributed by atoms with van der Waals surface area (Å²) in [6.07, 6.45) is 0.796. The highest BCUT2D eigenvalue weighted by Gasteiger charge is 2.20. The van der Waals surface area contributed by atoms with E-state index in [4.69, 9.17) is 4.42 Å². The van der Waals surface area contributed by atoms with Crippen molar-refractivity contribution in [3.05, 3.63) is 59.1 Å². The summed E-state index contributed by atoms with van der Waals surface area (Å²) in [6, 6.07) is 4.57. The van der Waals surface area contributed by atoms with Gasteiger partial charge in [0.25, 0.3) is 0 Å². The van der Waals surface area contributed by atoms with Gasteiger partial charge in [0, 0.05) is 17.5 Å². The molecule has 0 spiro atoms. The average Bonchev–Trinajstić information content (AvgIpc) is 2.79. The average molecular weight is 238 g/mol. The van der Waals surface area contributed by atoms with Crippen molar-refractivity contribution >= 4 is 0 Å². The van der Waals surface area contributed by atoms with Crippen LogP contribution in [0.2, 0.25) is 0 Å². The van der Waals surface area contributed by atoms with Crippen LogP contribution in [0, 0.1) is 11.6 Å². The van der Waals surface area contributed by atoms with Crippen molar-refractivity contribution in [3.8, 4) is 0 Å². The van der Waals surface area contributed by atoms with Gasteiger partial charge in [-0.05, 0) is 24.3 Å². The van der Waals surface area contributed by atoms with Gasteiger partial charge in [0.15, 0.2) is 0 Å². The van der Waals surface area contributed by atoms with Crippen molar-refractivity contribution in [2.75, 3.05) is 0 Å². The highest BCUT2D eigenvalue weighted by molar-refractivity contribution is 5.32. The first-order valence-electron chi connectivity index (χ1n) is 5.32. The molecule has 0 amide bonds. The molecule has 2 nitrogen and oxygen atoms in total. The zero-order chi connectivity index (χ0) is 12.4. The predicted octanol–water partition coefficient (Wildman–Crippen LogP) is 3.20. The van der Waals surface area contributed by atoms with E-state index in [1.165, 1.54) is 6.26 Å². The molecule has 2 aromatic rings. The third-order valence-electron chi connectivity index (χ3n) is 2.65. The molecule has 1 aromatic heterocycles. The second-order valence-electron chi connectivity index (χ2n) is 3.72. The van der Waals surface area contributed by atoms with Gasteiger partial charge >= 0.3 is 0 Å². The van der Waals surface area contributed by atoms with Gasteiger partial charge in [-0.3, -0.25) is 0 Å². The number of halogens is 2. The molecular formula is C13H12F2O2. The summed E-state index contributed by atoms with van der Waals surface area (Å²) < 4.78 is 31.7. The first-order valence-corrected chi connectivity index (χ1v) is 5.32. The molecule has 90 valence electrons. The van der Waals surface area contributed by atoms with Gasteiger partial charge in [0.2, 0.25) is 0 Å². The Labute approximate surface area is 97.5 Å². The predicted molar refractivity (Wildman–Crippen MR) is 58.5 cm³/mol. The number of rotatable bonds is 3. The van der Waals surface area contributed by atoms with Crippen LogP contribution in [0.5, 0.6) is 0 Å². The largest absolute Gasteiger partial charge is 0.469 e. The Morgan fingerprint density at radius 2 is 2.00 bits per heavy atom. The van der Waals surface area contributed by atoms with Crippen molar-refractivity contribution in [1.29, 1.82) is 0 Å². The molecule has 0 aliphatic carbocycles. The van der Waals surface area contributed by atoms with Crippen LogP contribution in [0.15, 0.2) is 34.9 Å². The monoisotopic (exact) mass is 238 g/mol. The van der Waals surface area contributed by atoms with Crippen molar-refractivity contribution < 1.29 is 18.3 Å². The van der Waals surface area contributed by atoms with E-state index < -0.39 is 17.7 Å². The van der Waals surface area contributed by atoms with Gasteiger partial charge in [-0.2, -0.15) is 0 Å². The number of aliphatic hydroxyl groups excluding tert-OH is 1. The Kier molecular flexibility index (Phi) is 3.24. The van der Waals surface area contributed by atoms with E-state index in [-0.39, 0.29) is 5.56 Å². The van der Waals surface area contributed by atoms with Crippen LogP contribution in [0.25, 0.3) is 0 Å². The lowest BCUT2D eigenvalue weighted by Crippen LogP contribution is -2.04. The zero-order valence-electron chi connectivity index (χ0n) is 9.28. The summed E-state index contributed by atoms with van der Waals surface area (Å²) in [5.74, 6) is -0.648. The van der Waals surface area contributed by atoms with Crippen LogP contribution in [-0.2, 0) is 6.42 Å². The van der Waals surface area contributed by atoms with Crippen LogP contribution in [0.4, 0.5) is 8.78 Å². The van der Waals surface area contributed by atoms with Crippen LogP contribution in [-0.4, -0.2) is 5.11 Å². The molecule has 0 aliphatic heterocycles. The van der Waals surface area contributed by atoms with E-state index in [0.717, 1.165) is 18.2 Å². The quantitative estimate of drug-likeness (QED) is 0.890. The Bertz CT molecular complexity index is 520. The van der Waals surface area contributed by atoms with Crippen LogP contribution < -0.4 is 0 Å². The van der Waals surface area contributed by atoms with Crippen molar-refractivity contribution in [1.82, 2.24) is 0 Å². The van der Waals surface area contributed by atoms with E-state index in [9.17, 15) is 13.9 Å². The molecule has 0 saturated carbocycles. The molecule has 0 saturated heterocycles. The third kappa shape index (κ3) is 2.22. The summed E-state index contributed by atoms with van der Waals surface area (Å²) in [4.78, 5) is 0. The fraction of sp³-hybridized carbons (Fsp3) is 0.231. The minimum absolute atomic E-state index is 0.0823. The summed E-state index contributed by atoms with van der Waals surface area (Å²) in [7, 11) is 0. The topological polar surface area (TPSA) is 33.4 Å². The maximum Gasteiger partial charge on any atom is 0.129 e. The maximum absolute atomic E-state index is 13.5. The lowest BCUT2D eigenvalue weighted by atomic mass is 10.0. The van der Waals surface area contributed by atoms with Gasteiger partial charge < -0.3 is 9.52 Å². The summed E-state index contributed by atoms with van der Waals surface area (Å²) in [5, 5.41) is 10.0. The number of hydrogen-bond donors (Lipinski definition) is 1. The standard InChI is InChI=1S/C13H12F2O2/c1-2-12-9(5-6-17-12)13(16)10-7-8(14)3-4-11(10)15/h3-7,13,16H,2H2,1H3. The number of benzene rings is 1. The van der Waals surface area contributed by atoms with Crippen LogP contribution >= 0.6 is 0 Å². The number of aliphatic hydroxyl groups is 1. The number of furan rings is 1. The molecule has 1 unspecified atom stereocenters. The molecule has 1 N–H and O–H groups in total. The lowest BCUT2D eigenvalue weighted by Gasteiger charge is -2.11. The van der Waals surface area contributed by atoms with E-state index in [1.54, 1.807) is 6.07 Å². The Morgan fingerprint density at radius 3 is 2.71 bits per heavy atom. The first-order chi connectivity index (χ1) is 8.13. The molecule has 1 heterocycles. The van der Waals surface area contributed by atoms with Gasteiger partial charge in [-0.1, -0.05) is 6.92 Å². The molecule has 0 bridgehead atoms. The minimum Gasteiger partial charge on any atom is -0.469 e. The molecule has 1 atom stereocenters. The van der Waals surface area contributed by atoms with Crippen LogP contribution in [0.3, 0.4) is 0 Å². The Hall–Kier alpha value is -1.68. The smallest absolute Gasteiger partial charge is 0.129 e. The second kappa shape index (κ2) is 4.67. The summed E-state index contributed by atoms with van der Waals surface area (Å²) >= 11 is 0. The fourth-order valence-electron chi connectivity index (χ4n) is 1.77. The minimum atomic E-state index is -1.21. The highest BCUT2D eigenvalue weighted by Crippen LogP contribution is 2.28. The summed E-state index contributed by atoms with van der Waals surface area (Å²) in [6.45, 7) is 1.86. The molecule has 1 aromatic carbocycles. The SMILES string of the molecule is CCc1occc1C(O)c1cc(F)ccc1F. The molecular weight excluding hydrogens is 226 g/mol. The van der Waals surface area contributed by atoms with E-state index in [2.05, 4.69) is 0 Å². The Balaban J connectivity index is 2.43. The highest BCUT2D eigenvalue weighted by atomic mass is 19.1. The van der Waals surface area contributed by atoms with Gasteiger partial charge in [-0.25, -0.2) is 8.78 Å². The molecule has 0 aliphatic rings. The van der Waals surface area contributed by atoms with Crippen molar-refractivity contribution in [2.45, 2.75) is 19.4 Å². The van der Waals surface area contributed by atoms with Gasteiger partial charge in [0.1, 0.15) is 23.5 Å².